The third-order valence-corrected chi connectivity index (χ3v) is 5.84. The van der Waals surface area contributed by atoms with E-state index in [4.69, 9.17) is 0 Å². The number of hydrogen-bond acceptors (Lipinski definition) is 3. The molecule has 2 heterocycles. The first kappa shape index (κ1) is 18.8. The van der Waals surface area contributed by atoms with Crippen LogP contribution in [-0.2, 0) is 6.42 Å². The third-order valence-electron chi connectivity index (χ3n) is 4.94. The van der Waals surface area contributed by atoms with Gasteiger partial charge in [0.15, 0.2) is 5.96 Å². The van der Waals surface area contributed by atoms with Gasteiger partial charge in [-0.05, 0) is 48.3 Å². The summed E-state index contributed by atoms with van der Waals surface area (Å²) in [7, 11) is 1.85. The van der Waals surface area contributed by atoms with Gasteiger partial charge in [0.25, 0.3) is 0 Å². The number of para-hydroxylation sites is 1. The molecule has 2 aromatic rings. The van der Waals surface area contributed by atoms with Crippen LogP contribution >= 0.6 is 11.3 Å². The van der Waals surface area contributed by atoms with E-state index in [2.05, 4.69) is 75.3 Å². The van der Waals surface area contributed by atoms with Crippen LogP contribution in [-0.4, -0.2) is 39.2 Å². The number of thiophene rings is 1. The molecular weight excluding hydrogens is 340 g/mol. The average Bonchev–Trinajstić information content (AvgIpc) is 3.34. The van der Waals surface area contributed by atoms with Crippen LogP contribution in [0.5, 0.6) is 0 Å². The molecule has 5 heteroatoms. The van der Waals surface area contributed by atoms with Crippen LogP contribution in [0.15, 0.2) is 52.8 Å². The Kier molecular flexibility index (Phi) is 6.95. The summed E-state index contributed by atoms with van der Waals surface area (Å²) in [6.45, 7) is 6.46. The number of aliphatic imine (C=N–C) groups is 1. The fraction of sp³-hybridized carbons (Fsp3) is 0.476. The molecule has 0 amide bonds. The Morgan fingerprint density at radius 2 is 2.08 bits per heavy atom. The summed E-state index contributed by atoms with van der Waals surface area (Å²) in [5, 5.41) is 9.14. The van der Waals surface area contributed by atoms with Crippen molar-refractivity contribution in [3.63, 3.8) is 0 Å². The van der Waals surface area contributed by atoms with Crippen LogP contribution in [0.3, 0.4) is 0 Å². The van der Waals surface area contributed by atoms with Crippen molar-refractivity contribution in [3.8, 4) is 0 Å². The van der Waals surface area contributed by atoms with Gasteiger partial charge in [-0.1, -0.05) is 31.2 Å². The molecule has 26 heavy (non-hydrogen) atoms. The van der Waals surface area contributed by atoms with Crippen molar-refractivity contribution in [1.82, 2.24) is 10.6 Å². The molecule has 0 aliphatic carbocycles. The predicted octanol–water partition coefficient (Wildman–Crippen LogP) is 3.62. The lowest BCUT2D eigenvalue weighted by Gasteiger charge is -2.20. The Balaban J connectivity index is 1.38. The zero-order valence-electron chi connectivity index (χ0n) is 15.8. The molecule has 3 rings (SSSR count). The second-order valence-electron chi connectivity index (χ2n) is 7.16. The molecule has 0 spiro atoms. The first-order valence-corrected chi connectivity index (χ1v) is 10.4. The standard InChI is InChI=1S/C21H30N4S/c1-17(13-20-9-6-12-26-20)14-23-21(22-2)24-15-18-10-11-25(16-18)19-7-4-3-5-8-19/h3-9,12,17-18H,10-11,13-16H2,1-2H3,(H2,22,23,24). The third kappa shape index (κ3) is 5.49. The minimum Gasteiger partial charge on any atom is -0.371 e. The van der Waals surface area contributed by atoms with E-state index in [0.717, 1.165) is 38.6 Å². The fourth-order valence-electron chi connectivity index (χ4n) is 3.45. The maximum absolute atomic E-state index is 4.38. The number of guanidine groups is 1. The smallest absolute Gasteiger partial charge is 0.190 e. The van der Waals surface area contributed by atoms with E-state index in [9.17, 15) is 0 Å². The number of nitrogens with one attached hydrogen (secondary N) is 2. The summed E-state index contributed by atoms with van der Waals surface area (Å²) in [6, 6.07) is 15.0. The second-order valence-corrected chi connectivity index (χ2v) is 8.19. The zero-order chi connectivity index (χ0) is 18.2. The Labute approximate surface area is 161 Å². The van der Waals surface area contributed by atoms with E-state index in [1.165, 1.54) is 17.0 Å². The van der Waals surface area contributed by atoms with E-state index in [-0.39, 0.29) is 0 Å². The van der Waals surface area contributed by atoms with Crippen molar-refractivity contribution in [3.05, 3.63) is 52.7 Å². The van der Waals surface area contributed by atoms with Crippen LogP contribution in [0.2, 0.25) is 0 Å². The average molecular weight is 371 g/mol. The van der Waals surface area contributed by atoms with Gasteiger partial charge in [0.1, 0.15) is 0 Å². The molecule has 140 valence electrons. The van der Waals surface area contributed by atoms with Crippen molar-refractivity contribution in [2.45, 2.75) is 19.8 Å². The van der Waals surface area contributed by atoms with Crippen molar-refractivity contribution in [2.24, 2.45) is 16.8 Å². The number of rotatable bonds is 7. The number of benzene rings is 1. The molecule has 1 saturated heterocycles. The van der Waals surface area contributed by atoms with E-state index in [1.807, 2.05) is 18.4 Å². The first-order valence-electron chi connectivity index (χ1n) is 9.51. The highest BCUT2D eigenvalue weighted by atomic mass is 32.1. The van der Waals surface area contributed by atoms with Crippen molar-refractivity contribution in [1.29, 1.82) is 0 Å². The molecule has 1 aromatic heterocycles. The van der Waals surface area contributed by atoms with Crippen molar-refractivity contribution >= 4 is 23.0 Å². The highest BCUT2D eigenvalue weighted by Crippen LogP contribution is 2.22. The van der Waals surface area contributed by atoms with Gasteiger partial charge in [0.05, 0.1) is 0 Å². The normalized spacial score (nSPS) is 18.8. The topological polar surface area (TPSA) is 39.7 Å². The molecule has 2 N–H and O–H groups in total. The first-order chi connectivity index (χ1) is 12.7. The number of hydrogen-bond donors (Lipinski definition) is 2. The Morgan fingerprint density at radius 1 is 1.23 bits per heavy atom. The SMILES string of the molecule is CN=C(NCC(C)Cc1cccs1)NCC1CCN(c2ccccc2)C1. The lowest BCUT2D eigenvalue weighted by molar-refractivity contribution is 0.542. The van der Waals surface area contributed by atoms with Crippen LogP contribution in [0, 0.1) is 11.8 Å². The summed E-state index contributed by atoms with van der Waals surface area (Å²) >= 11 is 1.84. The predicted molar refractivity (Wildman–Crippen MR) is 113 cm³/mol. The summed E-state index contributed by atoms with van der Waals surface area (Å²) in [5.41, 5.74) is 1.33. The minimum absolute atomic E-state index is 0.590. The molecule has 1 fully saturated rings. The fourth-order valence-corrected chi connectivity index (χ4v) is 4.32. The van der Waals surface area contributed by atoms with Gasteiger partial charge in [0, 0.05) is 43.8 Å². The Hall–Kier alpha value is -2.01. The zero-order valence-corrected chi connectivity index (χ0v) is 16.6. The molecule has 0 saturated carbocycles. The van der Waals surface area contributed by atoms with E-state index < -0.39 is 0 Å². The van der Waals surface area contributed by atoms with E-state index >= 15 is 0 Å². The molecule has 1 aromatic carbocycles. The molecule has 2 atom stereocenters. The van der Waals surface area contributed by atoms with Gasteiger partial charge in [-0.3, -0.25) is 4.99 Å². The molecule has 0 radical (unpaired) electrons. The van der Waals surface area contributed by atoms with Crippen LogP contribution in [0.4, 0.5) is 5.69 Å². The number of anilines is 1. The van der Waals surface area contributed by atoms with Crippen molar-refractivity contribution < 1.29 is 0 Å². The summed E-state index contributed by atoms with van der Waals surface area (Å²) in [4.78, 5) is 8.31. The monoisotopic (exact) mass is 370 g/mol. The molecule has 1 aliphatic rings. The Bertz CT molecular complexity index is 669. The lowest BCUT2D eigenvalue weighted by Crippen LogP contribution is -2.42. The van der Waals surface area contributed by atoms with Crippen molar-refractivity contribution in [2.75, 3.05) is 38.1 Å². The lowest BCUT2D eigenvalue weighted by atomic mass is 10.1. The maximum Gasteiger partial charge on any atom is 0.190 e. The molecule has 1 aliphatic heterocycles. The second kappa shape index (κ2) is 9.62. The number of nitrogens with zero attached hydrogens (tertiary/aromatic N) is 2. The van der Waals surface area contributed by atoms with Gasteiger partial charge >= 0.3 is 0 Å². The quantitative estimate of drug-likeness (QED) is 0.578. The van der Waals surface area contributed by atoms with Gasteiger partial charge < -0.3 is 15.5 Å². The van der Waals surface area contributed by atoms with Gasteiger partial charge in [-0.15, -0.1) is 11.3 Å². The summed E-state index contributed by atoms with van der Waals surface area (Å²) < 4.78 is 0. The molecule has 2 unspecified atom stereocenters. The van der Waals surface area contributed by atoms with Gasteiger partial charge in [-0.25, -0.2) is 0 Å². The summed E-state index contributed by atoms with van der Waals surface area (Å²) in [5.74, 6) is 2.17. The van der Waals surface area contributed by atoms with E-state index in [0.29, 0.717) is 11.8 Å². The summed E-state index contributed by atoms with van der Waals surface area (Å²) in [6.07, 6.45) is 2.35. The molecular formula is C21H30N4S. The highest BCUT2D eigenvalue weighted by Gasteiger charge is 2.22. The van der Waals surface area contributed by atoms with Crippen LogP contribution < -0.4 is 15.5 Å². The van der Waals surface area contributed by atoms with Gasteiger partial charge in [-0.2, -0.15) is 0 Å². The van der Waals surface area contributed by atoms with E-state index in [1.54, 1.807) is 0 Å². The van der Waals surface area contributed by atoms with Gasteiger partial charge in [0.2, 0.25) is 0 Å². The highest BCUT2D eigenvalue weighted by molar-refractivity contribution is 7.09. The maximum atomic E-state index is 4.38. The van der Waals surface area contributed by atoms with Crippen LogP contribution in [0.25, 0.3) is 0 Å². The minimum atomic E-state index is 0.590. The largest absolute Gasteiger partial charge is 0.371 e. The Morgan fingerprint density at radius 3 is 2.81 bits per heavy atom. The molecule has 0 bridgehead atoms. The van der Waals surface area contributed by atoms with Crippen LogP contribution in [0.1, 0.15) is 18.2 Å². The molecule has 4 nitrogen and oxygen atoms in total.